The SMILES string of the molecule is CN1C(=O)c2ccc(C(=O)N3CCNCC3)cc2C1=O. The molecule has 0 spiro atoms. The van der Waals surface area contributed by atoms with E-state index in [2.05, 4.69) is 5.32 Å². The van der Waals surface area contributed by atoms with Gasteiger partial charge in [-0.1, -0.05) is 0 Å². The minimum Gasteiger partial charge on any atom is -0.336 e. The van der Waals surface area contributed by atoms with Crippen molar-refractivity contribution in [3.8, 4) is 0 Å². The van der Waals surface area contributed by atoms with Crippen LogP contribution in [0.1, 0.15) is 31.1 Å². The number of hydrogen-bond donors (Lipinski definition) is 1. The highest BCUT2D eigenvalue weighted by atomic mass is 16.2. The summed E-state index contributed by atoms with van der Waals surface area (Å²) in [6.45, 7) is 2.86. The lowest BCUT2D eigenvalue weighted by Crippen LogP contribution is -2.46. The number of hydrogen-bond acceptors (Lipinski definition) is 4. The lowest BCUT2D eigenvalue weighted by atomic mass is 10.0. The average Bonchev–Trinajstić information content (AvgIpc) is 2.72. The van der Waals surface area contributed by atoms with Crippen molar-refractivity contribution in [2.75, 3.05) is 33.2 Å². The summed E-state index contributed by atoms with van der Waals surface area (Å²) in [5, 5.41) is 3.18. The predicted molar refractivity (Wildman–Crippen MR) is 71.6 cm³/mol. The fourth-order valence-corrected chi connectivity index (χ4v) is 2.54. The van der Waals surface area contributed by atoms with Gasteiger partial charge in [-0.2, -0.15) is 0 Å². The van der Waals surface area contributed by atoms with Crippen molar-refractivity contribution >= 4 is 17.7 Å². The number of amides is 3. The Kier molecular flexibility index (Phi) is 3.02. The summed E-state index contributed by atoms with van der Waals surface area (Å²) in [6, 6.07) is 4.71. The second kappa shape index (κ2) is 4.72. The molecule has 3 amide bonds. The van der Waals surface area contributed by atoms with E-state index in [1.165, 1.54) is 13.1 Å². The third-order valence-corrected chi connectivity index (χ3v) is 3.74. The maximum atomic E-state index is 12.4. The summed E-state index contributed by atoms with van der Waals surface area (Å²) < 4.78 is 0. The normalized spacial score (nSPS) is 18.4. The average molecular weight is 273 g/mol. The summed E-state index contributed by atoms with van der Waals surface area (Å²) in [7, 11) is 1.45. The van der Waals surface area contributed by atoms with Gasteiger partial charge in [-0.25, -0.2) is 0 Å². The van der Waals surface area contributed by atoms with Crippen molar-refractivity contribution in [3.05, 3.63) is 34.9 Å². The summed E-state index contributed by atoms with van der Waals surface area (Å²) in [5.41, 5.74) is 1.15. The number of nitrogens with one attached hydrogen (secondary N) is 1. The fraction of sp³-hybridized carbons (Fsp3) is 0.357. The summed E-state index contributed by atoms with van der Waals surface area (Å²) in [4.78, 5) is 38.9. The maximum absolute atomic E-state index is 12.4. The van der Waals surface area contributed by atoms with Crippen molar-refractivity contribution < 1.29 is 14.4 Å². The minimum absolute atomic E-state index is 0.0934. The predicted octanol–water partition coefficient (Wildman–Crippen LogP) is -0.0422. The maximum Gasteiger partial charge on any atom is 0.261 e. The van der Waals surface area contributed by atoms with Crippen molar-refractivity contribution in [2.24, 2.45) is 0 Å². The topological polar surface area (TPSA) is 69.7 Å². The third kappa shape index (κ3) is 1.89. The largest absolute Gasteiger partial charge is 0.336 e. The summed E-state index contributed by atoms with van der Waals surface area (Å²) >= 11 is 0. The van der Waals surface area contributed by atoms with Gasteiger partial charge in [0.2, 0.25) is 0 Å². The Labute approximate surface area is 116 Å². The lowest BCUT2D eigenvalue weighted by molar-refractivity contribution is 0.0692. The standard InChI is InChI=1S/C14H15N3O3/c1-16-13(19)10-3-2-9(8-11(10)14(16)20)12(18)17-6-4-15-5-7-17/h2-3,8,15H,4-7H2,1H3. The second-order valence-electron chi connectivity index (χ2n) is 4.97. The Hall–Kier alpha value is -2.21. The number of carbonyl (C=O) groups excluding carboxylic acids is 3. The summed E-state index contributed by atoms with van der Waals surface area (Å²) in [5.74, 6) is -0.754. The Morgan fingerprint density at radius 1 is 1.10 bits per heavy atom. The molecule has 0 saturated carbocycles. The van der Waals surface area contributed by atoms with Crippen LogP contribution in [0, 0.1) is 0 Å². The highest BCUT2D eigenvalue weighted by Gasteiger charge is 2.33. The Morgan fingerprint density at radius 2 is 1.75 bits per heavy atom. The van der Waals surface area contributed by atoms with E-state index < -0.39 is 0 Å². The van der Waals surface area contributed by atoms with Crippen LogP contribution in [0.2, 0.25) is 0 Å². The molecule has 1 aromatic rings. The molecule has 0 atom stereocenters. The Balaban J connectivity index is 1.92. The zero-order chi connectivity index (χ0) is 14.3. The number of benzene rings is 1. The van der Waals surface area contributed by atoms with Gasteiger partial charge in [0.15, 0.2) is 0 Å². The van der Waals surface area contributed by atoms with Gasteiger partial charge >= 0.3 is 0 Å². The molecule has 104 valence electrons. The monoisotopic (exact) mass is 273 g/mol. The van der Waals surface area contributed by atoms with Gasteiger partial charge in [0.05, 0.1) is 11.1 Å². The van der Waals surface area contributed by atoms with Gasteiger partial charge < -0.3 is 10.2 Å². The van der Waals surface area contributed by atoms with Crippen LogP contribution < -0.4 is 5.32 Å². The van der Waals surface area contributed by atoms with E-state index in [0.717, 1.165) is 18.0 Å². The van der Waals surface area contributed by atoms with Crippen molar-refractivity contribution in [1.29, 1.82) is 0 Å². The van der Waals surface area contributed by atoms with E-state index in [-0.39, 0.29) is 17.7 Å². The number of piperazine rings is 1. The molecule has 6 heteroatoms. The first-order valence-electron chi connectivity index (χ1n) is 6.56. The van der Waals surface area contributed by atoms with Crippen LogP contribution in [-0.4, -0.2) is 60.7 Å². The van der Waals surface area contributed by atoms with Gasteiger partial charge in [0, 0.05) is 38.8 Å². The van der Waals surface area contributed by atoms with E-state index in [9.17, 15) is 14.4 Å². The molecule has 1 N–H and O–H groups in total. The molecular formula is C14H15N3O3. The smallest absolute Gasteiger partial charge is 0.261 e. The lowest BCUT2D eigenvalue weighted by Gasteiger charge is -2.27. The van der Waals surface area contributed by atoms with Gasteiger partial charge in [-0.3, -0.25) is 19.3 Å². The van der Waals surface area contributed by atoms with E-state index >= 15 is 0 Å². The molecule has 2 aliphatic rings. The molecule has 0 radical (unpaired) electrons. The van der Waals surface area contributed by atoms with E-state index in [1.807, 2.05) is 0 Å². The first kappa shape index (κ1) is 12.8. The number of rotatable bonds is 1. The zero-order valence-corrected chi connectivity index (χ0v) is 11.2. The third-order valence-electron chi connectivity index (χ3n) is 3.74. The quantitative estimate of drug-likeness (QED) is 0.729. The van der Waals surface area contributed by atoms with Crippen LogP contribution >= 0.6 is 0 Å². The molecule has 1 aromatic carbocycles. The van der Waals surface area contributed by atoms with Gasteiger partial charge in [0.1, 0.15) is 0 Å². The molecule has 1 fully saturated rings. The van der Waals surface area contributed by atoms with Gasteiger partial charge in [-0.05, 0) is 18.2 Å². The number of fused-ring (bicyclic) bond motifs is 1. The van der Waals surface area contributed by atoms with E-state index in [1.54, 1.807) is 17.0 Å². The van der Waals surface area contributed by atoms with Crippen LogP contribution in [0.25, 0.3) is 0 Å². The molecule has 0 aromatic heterocycles. The van der Waals surface area contributed by atoms with E-state index in [4.69, 9.17) is 0 Å². The van der Waals surface area contributed by atoms with Crippen LogP contribution in [0.3, 0.4) is 0 Å². The van der Waals surface area contributed by atoms with Gasteiger partial charge in [0.25, 0.3) is 17.7 Å². The van der Waals surface area contributed by atoms with Crippen LogP contribution in [0.5, 0.6) is 0 Å². The molecule has 3 rings (SSSR count). The molecule has 6 nitrogen and oxygen atoms in total. The Bertz CT molecular complexity index is 606. The zero-order valence-electron chi connectivity index (χ0n) is 11.2. The molecule has 0 unspecified atom stereocenters. The molecule has 2 heterocycles. The first-order chi connectivity index (χ1) is 9.59. The van der Waals surface area contributed by atoms with Crippen molar-refractivity contribution in [1.82, 2.24) is 15.1 Å². The minimum atomic E-state index is -0.347. The molecule has 1 saturated heterocycles. The first-order valence-corrected chi connectivity index (χ1v) is 6.56. The van der Waals surface area contributed by atoms with Crippen molar-refractivity contribution in [2.45, 2.75) is 0 Å². The van der Waals surface area contributed by atoms with Crippen LogP contribution in [0.4, 0.5) is 0 Å². The molecule has 20 heavy (non-hydrogen) atoms. The van der Waals surface area contributed by atoms with Crippen molar-refractivity contribution in [3.63, 3.8) is 0 Å². The van der Waals surface area contributed by atoms with Crippen LogP contribution in [-0.2, 0) is 0 Å². The molecule has 0 aliphatic carbocycles. The Morgan fingerprint density at radius 3 is 2.45 bits per heavy atom. The molecule has 0 bridgehead atoms. The van der Waals surface area contributed by atoms with Crippen LogP contribution in [0.15, 0.2) is 18.2 Å². The summed E-state index contributed by atoms with van der Waals surface area (Å²) in [6.07, 6.45) is 0. The van der Waals surface area contributed by atoms with E-state index in [0.29, 0.717) is 29.8 Å². The van der Waals surface area contributed by atoms with Gasteiger partial charge in [-0.15, -0.1) is 0 Å². The highest BCUT2D eigenvalue weighted by Crippen LogP contribution is 2.23. The number of carbonyl (C=O) groups is 3. The fourth-order valence-electron chi connectivity index (χ4n) is 2.54. The second-order valence-corrected chi connectivity index (χ2v) is 4.97. The number of nitrogens with zero attached hydrogens (tertiary/aromatic N) is 2. The highest BCUT2D eigenvalue weighted by molar-refractivity contribution is 6.21. The molecular weight excluding hydrogens is 258 g/mol. The number of imide groups is 1. The molecule has 2 aliphatic heterocycles.